The van der Waals surface area contributed by atoms with Gasteiger partial charge in [0.15, 0.2) is 0 Å². The Balaban J connectivity index is 1.67. The van der Waals surface area contributed by atoms with Crippen LogP contribution in [0.15, 0.2) is 18.2 Å². The molecule has 2 fully saturated rings. The van der Waals surface area contributed by atoms with E-state index in [9.17, 15) is 14.3 Å². The summed E-state index contributed by atoms with van der Waals surface area (Å²) in [5.74, 6) is -0.678. The van der Waals surface area contributed by atoms with E-state index in [0.717, 1.165) is 12.8 Å². The number of nitrogens with zero attached hydrogens (tertiary/aromatic N) is 1. The van der Waals surface area contributed by atoms with Gasteiger partial charge in [-0.1, -0.05) is 17.7 Å². The Kier molecular flexibility index (Phi) is 4.66. The first-order valence-electron chi connectivity index (χ1n) is 7.65. The fraction of sp³-hybridized carbons (Fsp3) is 0.562. The molecular formula is C16H20ClFN2O2. The molecule has 1 saturated heterocycles. The number of nitrogens with one attached hydrogen (secondary N) is 1. The second-order valence-corrected chi connectivity index (χ2v) is 6.63. The van der Waals surface area contributed by atoms with Crippen molar-refractivity contribution in [1.82, 2.24) is 10.2 Å². The Hall–Kier alpha value is -1.17. The lowest BCUT2D eigenvalue weighted by Crippen LogP contribution is -2.37. The number of amides is 1. The molecule has 1 aliphatic heterocycles. The molecule has 0 aromatic heterocycles. The van der Waals surface area contributed by atoms with Gasteiger partial charge in [-0.05, 0) is 25.0 Å². The van der Waals surface area contributed by atoms with Gasteiger partial charge in [0.05, 0.1) is 5.92 Å². The van der Waals surface area contributed by atoms with Crippen molar-refractivity contribution in [3.05, 3.63) is 34.6 Å². The van der Waals surface area contributed by atoms with Gasteiger partial charge in [0.2, 0.25) is 5.91 Å². The standard InChI is InChI=1S/C16H20ClFN2O2/c17-14-2-1-3-15(18)13(14)8-20-6-10(9-21)12(7-20)16(22)19-11-4-5-11/h1-3,10-12,21H,4-9H2,(H,19,22)/t10-,12+/m0/s1. The summed E-state index contributed by atoms with van der Waals surface area (Å²) in [5.41, 5.74) is 0.448. The first-order chi connectivity index (χ1) is 10.6. The van der Waals surface area contributed by atoms with Crippen LogP contribution in [-0.2, 0) is 11.3 Å². The number of hydrogen-bond acceptors (Lipinski definition) is 3. The third-order valence-electron chi connectivity index (χ3n) is 4.46. The van der Waals surface area contributed by atoms with Crippen LogP contribution in [0.4, 0.5) is 4.39 Å². The number of rotatable bonds is 5. The van der Waals surface area contributed by atoms with Crippen LogP contribution in [0.2, 0.25) is 5.02 Å². The van der Waals surface area contributed by atoms with Gasteiger partial charge in [0, 0.05) is 48.8 Å². The van der Waals surface area contributed by atoms with Crippen LogP contribution in [0.25, 0.3) is 0 Å². The van der Waals surface area contributed by atoms with Gasteiger partial charge < -0.3 is 10.4 Å². The Labute approximate surface area is 134 Å². The molecule has 2 N–H and O–H groups in total. The van der Waals surface area contributed by atoms with E-state index < -0.39 is 0 Å². The van der Waals surface area contributed by atoms with Crippen LogP contribution in [0.3, 0.4) is 0 Å². The van der Waals surface area contributed by atoms with Crippen molar-refractivity contribution in [3.8, 4) is 0 Å². The molecule has 1 heterocycles. The zero-order valence-corrected chi connectivity index (χ0v) is 13.0. The Morgan fingerprint density at radius 3 is 2.82 bits per heavy atom. The van der Waals surface area contributed by atoms with Gasteiger partial charge in [0.1, 0.15) is 5.82 Å². The molecule has 1 aliphatic carbocycles. The quantitative estimate of drug-likeness (QED) is 0.867. The Morgan fingerprint density at radius 2 is 2.18 bits per heavy atom. The van der Waals surface area contributed by atoms with Crippen molar-refractivity contribution >= 4 is 17.5 Å². The van der Waals surface area contributed by atoms with Crippen molar-refractivity contribution < 1.29 is 14.3 Å². The molecule has 22 heavy (non-hydrogen) atoms. The lowest BCUT2D eigenvalue weighted by atomic mass is 9.96. The zero-order chi connectivity index (χ0) is 15.7. The highest BCUT2D eigenvalue weighted by atomic mass is 35.5. The molecule has 2 atom stereocenters. The van der Waals surface area contributed by atoms with Crippen LogP contribution < -0.4 is 5.32 Å². The predicted molar refractivity (Wildman–Crippen MR) is 81.9 cm³/mol. The average molecular weight is 327 g/mol. The summed E-state index contributed by atoms with van der Waals surface area (Å²) in [7, 11) is 0. The molecule has 120 valence electrons. The highest BCUT2D eigenvalue weighted by Gasteiger charge is 2.39. The summed E-state index contributed by atoms with van der Waals surface area (Å²) in [6.45, 7) is 1.41. The van der Waals surface area contributed by atoms with E-state index in [-0.39, 0.29) is 30.2 Å². The summed E-state index contributed by atoms with van der Waals surface area (Å²) in [6, 6.07) is 4.93. The summed E-state index contributed by atoms with van der Waals surface area (Å²) in [4.78, 5) is 14.2. The molecule has 2 aliphatic rings. The summed E-state index contributed by atoms with van der Waals surface area (Å²) in [6.07, 6.45) is 2.08. The van der Waals surface area contributed by atoms with Crippen LogP contribution >= 0.6 is 11.6 Å². The third-order valence-corrected chi connectivity index (χ3v) is 4.81. The van der Waals surface area contributed by atoms with E-state index in [2.05, 4.69) is 5.32 Å². The van der Waals surface area contributed by atoms with Gasteiger partial charge in [-0.25, -0.2) is 4.39 Å². The van der Waals surface area contributed by atoms with Crippen LogP contribution in [0, 0.1) is 17.7 Å². The number of aliphatic hydroxyl groups is 1. The largest absolute Gasteiger partial charge is 0.396 e. The van der Waals surface area contributed by atoms with Crippen LogP contribution in [0.5, 0.6) is 0 Å². The average Bonchev–Trinajstić information content (AvgIpc) is 3.20. The van der Waals surface area contributed by atoms with Gasteiger partial charge >= 0.3 is 0 Å². The molecule has 6 heteroatoms. The highest BCUT2D eigenvalue weighted by Crippen LogP contribution is 2.29. The predicted octanol–water partition coefficient (Wildman–Crippen LogP) is 1.80. The number of carbonyl (C=O) groups is 1. The molecule has 1 saturated carbocycles. The number of benzene rings is 1. The van der Waals surface area contributed by atoms with Crippen LogP contribution in [0.1, 0.15) is 18.4 Å². The molecular weight excluding hydrogens is 307 g/mol. The van der Waals surface area contributed by atoms with E-state index >= 15 is 0 Å². The maximum absolute atomic E-state index is 13.9. The van der Waals surface area contributed by atoms with E-state index in [1.807, 2.05) is 4.90 Å². The molecule has 1 aromatic rings. The van der Waals surface area contributed by atoms with Crippen molar-refractivity contribution in [1.29, 1.82) is 0 Å². The van der Waals surface area contributed by atoms with Gasteiger partial charge in [-0.3, -0.25) is 9.69 Å². The molecule has 0 unspecified atom stereocenters. The summed E-state index contributed by atoms with van der Waals surface area (Å²) in [5, 5.41) is 12.9. The second kappa shape index (κ2) is 6.52. The van der Waals surface area contributed by atoms with E-state index in [4.69, 9.17) is 11.6 Å². The van der Waals surface area contributed by atoms with E-state index in [1.54, 1.807) is 12.1 Å². The second-order valence-electron chi connectivity index (χ2n) is 6.23. The van der Waals surface area contributed by atoms with Crippen LogP contribution in [-0.4, -0.2) is 41.7 Å². The first kappa shape index (κ1) is 15.7. The van der Waals surface area contributed by atoms with Crippen molar-refractivity contribution in [3.63, 3.8) is 0 Å². The number of hydrogen-bond donors (Lipinski definition) is 2. The smallest absolute Gasteiger partial charge is 0.225 e. The topological polar surface area (TPSA) is 52.6 Å². The Bertz CT molecular complexity index is 545. The van der Waals surface area contributed by atoms with E-state index in [1.165, 1.54) is 6.07 Å². The van der Waals surface area contributed by atoms with Gasteiger partial charge in [-0.15, -0.1) is 0 Å². The van der Waals surface area contributed by atoms with E-state index in [0.29, 0.717) is 36.3 Å². The maximum atomic E-state index is 13.9. The SMILES string of the molecule is O=C(NC1CC1)[C@@H]1CN(Cc2c(F)cccc2Cl)C[C@H]1CO. The van der Waals surface area contributed by atoms with Crippen molar-refractivity contribution in [2.75, 3.05) is 19.7 Å². The fourth-order valence-electron chi connectivity index (χ4n) is 3.01. The van der Waals surface area contributed by atoms with Crippen molar-refractivity contribution in [2.45, 2.75) is 25.4 Å². The van der Waals surface area contributed by atoms with Crippen molar-refractivity contribution in [2.24, 2.45) is 11.8 Å². The highest BCUT2D eigenvalue weighted by molar-refractivity contribution is 6.31. The number of carbonyl (C=O) groups excluding carboxylic acids is 1. The van der Waals surface area contributed by atoms with Gasteiger partial charge in [0.25, 0.3) is 0 Å². The molecule has 0 spiro atoms. The molecule has 1 amide bonds. The molecule has 0 radical (unpaired) electrons. The van der Waals surface area contributed by atoms with Gasteiger partial charge in [-0.2, -0.15) is 0 Å². The number of halogens is 2. The minimum atomic E-state index is -0.334. The minimum Gasteiger partial charge on any atom is -0.396 e. The molecule has 1 aromatic carbocycles. The number of aliphatic hydroxyl groups excluding tert-OH is 1. The zero-order valence-electron chi connectivity index (χ0n) is 12.3. The molecule has 3 rings (SSSR count). The molecule has 0 bridgehead atoms. The first-order valence-corrected chi connectivity index (χ1v) is 8.02. The minimum absolute atomic E-state index is 0.00341. The summed E-state index contributed by atoms with van der Waals surface area (Å²) < 4.78 is 13.9. The lowest BCUT2D eigenvalue weighted by Gasteiger charge is -2.17. The lowest BCUT2D eigenvalue weighted by molar-refractivity contribution is -0.126. The monoisotopic (exact) mass is 326 g/mol. The Morgan fingerprint density at radius 1 is 1.41 bits per heavy atom. The fourth-order valence-corrected chi connectivity index (χ4v) is 3.24. The maximum Gasteiger partial charge on any atom is 0.225 e. The number of likely N-dealkylation sites (tertiary alicyclic amines) is 1. The molecule has 4 nitrogen and oxygen atoms in total. The third kappa shape index (κ3) is 3.42. The summed E-state index contributed by atoms with van der Waals surface area (Å²) >= 11 is 6.06. The normalized spacial score (nSPS) is 25.4.